The molecule has 1 rings (SSSR count). The maximum Gasteiger partial charge on any atom is 0.342 e. The number of ketones is 1. The molecule has 0 aliphatic carbocycles. The van der Waals surface area contributed by atoms with Crippen LogP contribution in [-0.4, -0.2) is 30.1 Å². The summed E-state index contributed by atoms with van der Waals surface area (Å²) < 4.78 is 10.5. The van der Waals surface area contributed by atoms with Crippen molar-refractivity contribution in [3.63, 3.8) is 0 Å². The highest BCUT2D eigenvalue weighted by Gasteiger charge is 2.20. The summed E-state index contributed by atoms with van der Waals surface area (Å²) in [5.41, 5.74) is 0.607. The SMILES string of the molecule is C/C=C/c1cc(OC)cc(O)c1C(=O)O[C@H](C)C/C=C\C(=O)C(C)C. The van der Waals surface area contributed by atoms with E-state index in [0.717, 1.165) is 0 Å². The molecule has 0 radical (unpaired) electrons. The summed E-state index contributed by atoms with van der Waals surface area (Å²) in [6.45, 7) is 7.19. The van der Waals surface area contributed by atoms with Crippen molar-refractivity contribution >= 4 is 17.8 Å². The highest BCUT2D eigenvalue weighted by molar-refractivity contribution is 5.97. The van der Waals surface area contributed by atoms with Gasteiger partial charge in [-0.1, -0.05) is 32.1 Å². The molecule has 1 atom stereocenters. The minimum Gasteiger partial charge on any atom is -0.507 e. The van der Waals surface area contributed by atoms with Crippen molar-refractivity contribution in [3.05, 3.63) is 41.5 Å². The van der Waals surface area contributed by atoms with Gasteiger partial charge in [-0.3, -0.25) is 4.79 Å². The van der Waals surface area contributed by atoms with Crippen LogP contribution in [0.2, 0.25) is 0 Å². The van der Waals surface area contributed by atoms with E-state index in [0.29, 0.717) is 17.7 Å². The second-order valence-corrected chi connectivity index (χ2v) is 6.02. The van der Waals surface area contributed by atoms with E-state index < -0.39 is 12.1 Å². The van der Waals surface area contributed by atoms with E-state index in [2.05, 4.69) is 0 Å². The summed E-state index contributed by atoms with van der Waals surface area (Å²) in [7, 11) is 1.49. The number of ether oxygens (including phenoxy) is 2. The summed E-state index contributed by atoms with van der Waals surface area (Å²) in [4.78, 5) is 24.0. The molecule has 1 aromatic carbocycles. The maximum absolute atomic E-state index is 12.4. The van der Waals surface area contributed by atoms with Crippen molar-refractivity contribution < 1.29 is 24.2 Å². The monoisotopic (exact) mass is 346 g/mol. The number of hydrogen-bond donors (Lipinski definition) is 1. The number of rotatable bonds is 8. The Bertz CT molecular complexity index is 671. The first-order valence-corrected chi connectivity index (χ1v) is 8.25. The topological polar surface area (TPSA) is 72.8 Å². The number of hydrogen-bond acceptors (Lipinski definition) is 5. The highest BCUT2D eigenvalue weighted by Crippen LogP contribution is 2.30. The summed E-state index contributed by atoms with van der Waals surface area (Å²) in [5, 5.41) is 10.1. The normalized spacial score (nSPS) is 12.7. The number of esters is 1. The number of methoxy groups -OCH3 is 1. The van der Waals surface area contributed by atoms with Crippen LogP contribution < -0.4 is 4.74 Å². The molecule has 0 bridgehead atoms. The lowest BCUT2D eigenvalue weighted by atomic mass is 10.0. The minimum absolute atomic E-state index is 0.0293. The Balaban J connectivity index is 2.88. The molecule has 5 nitrogen and oxygen atoms in total. The molecule has 0 spiro atoms. The Morgan fingerprint density at radius 1 is 1.24 bits per heavy atom. The van der Waals surface area contributed by atoms with E-state index in [1.807, 2.05) is 20.8 Å². The Hall–Kier alpha value is -2.56. The Kier molecular flexibility index (Phi) is 7.92. The summed E-state index contributed by atoms with van der Waals surface area (Å²) in [6.07, 6.45) is 6.65. The Morgan fingerprint density at radius 3 is 2.48 bits per heavy atom. The largest absolute Gasteiger partial charge is 0.507 e. The van der Waals surface area contributed by atoms with Crippen molar-refractivity contribution in [2.45, 2.75) is 40.2 Å². The van der Waals surface area contributed by atoms with Crippen molar-refractivity contribution in [1.29, 1.82) is 0 Å². The van der Waals surface area contributed by atoms with Gasteiger partial charge in [0.1, 0.15) is 23.2 Å². The van der Waals surface area contributed by atoms with Crippen LogP contribution in [0.1, 0.15) is 50.0 Å². The van der Waals surface area contributed by atoms with Gasteiger partial charge in [-0.15, -0.1) is 0 Å². The lowest BCUT2D eigenvalue weighted by Gasteiger charge is -2.14. The Morgan fingerprint density at radius 2 is 1.92 bits per heavy atom. The van der Waals surface area contributed by atoms with Crippen molar-refractivity contribution in [2.75, 3.05) is 7.11 Å². The van der Waals surface area contributed by atoms with Gasteiger partial charge in [0.2, 0.25) is 0 Å². The van der Waals surface area contributed by atoms with Crippen LogP contribution in [0.25, 0.3) is 6.08 Å². The molecule has 0 aromatic heterocycles. The Labute approximate surface area is 149 Å². The van der Waals surface area contributed by atoms with E-state index in [1.54, 1.807) is 31.2 Å². The van der Waals surface area contributed by atoms with Gasteiger partial charge < -0.3 is 14.6 Å². The molecule has 1 aromatic rings. The van der Waals surface area contributed by atoms with Gasteiger partial charge in [0.15, 0.2) is 5.78 Å². The van der Waals surface area contributed by atoms with Crippen molar-refractivity contribution in [3.8, 4) is 11.5 Å². The first-order chi connectivity index (χ1) is 11.8. The fourth-order valence-electron chi connectivity index (χ4n) is 2.13. The zero-order valence-corrected chi connectivity index (χ0v) is 15.4. The number of phenolic OH excluding ortho intramolecular Hbond substituents is 1. The van der Waals surface area contributed by atoms with Crippen molar-refractivity contribution in [2.24, 2.45) is 5.92 Å². The van der Waals surface area contributed by atoms with Crippen LogP contribution in [0.3, 0.4) is 0 Å². The average Bonchev–Trinajstić information content (AvgIpc) is 2.54. The molecule has 0 unspecified atom stereocenters. The number of benzene rings is 1. The number of phenols is 1. The van der Waals surface area contributed by atoms with Gasteiger partial charge >= 0.3 is 5.97 Å². The molecule has 0 aliphatic rings. The van der Waals surface area contributed by atoms with Gasteiger partial charge in [0, 0.05) is 18.4 Å². The van der Waals surface area contributed by atoms with Crippen LogP contribution in [0, 0.1) is 5.92 Å². The molecule has 0 saturated carbocycles. The van der Waals surface area contributed by atoms with Crippen LogP contribution in [0.4, 0.5) is 0 Å². The van der Waals surface area contributed by atoms with Gasteiger partial charge in [-0.2, -0.15) is 0 Å². The van der Waals surface area contributed by atoms with E-state index in [1.165, 1.54) is 19.3 Å². The quantitative estimate of drug-likeness (QED) is 0.565. The second-order valence-electron chi connectivity index (χ2n) is 6.02. The first kappa shape index (κ1) is 20.5. The number of aromatic hydroxyl groups is 1. The van der Waals surface area contributed by atoms with Crippen LogP contribution in [0.15, 0.2) is 30.4 Å². The summed E-state index contributed by atoms with van der Waals surface area (Å²) >= 11 is 0. The number of carbonyl (C=O) groups is 2. The molecular weight excluding hydrogens is 320 g/mol. The third-order valence-corrected chi connectivity index (χ3v) is 3.53. The number of carbonyl (C=O) groups excluding carboxylic acids is 2. The fourth-order valence-corrected chi connectivity index (χ4v) is 2.13. The lowest BCUT2D eigenvalue weighted by molar-refractivity contribution is -0.117. The van der Waals surface area contributed by atoms with E-state index in [9.17, 15) is 14.7 Å². The molecule has 1 N–H and O–H groups in total. The predicted octanol–water partition coefficient (Wildman–Crippen LogP) is 4.15. The predicted molar refractivity (Wildman–Crippen MR) is 97.8 cm³/mol. The second kappa shape index (κ2) is 9.67. The van der Waals surface area contributed by atoms with E-state index in [4.69, 9.17) is 9.47 Å². The molecule has 0 heterocycles. The average molecular weight is 346 g/mol. The molecule has 0 aliphatic heterocycles. The molecule has 136 valence electrons. The maximum atomic E-state index is 12.4. The zero-order chi connectivity index (χ0) is 19.0. The van der Waals surface area contributed by atoms with Gasteiger partial charge in [0.05, 0.1) is 7.11 Å². The van der Waals surface area contributed by atoms with Crippen molar-refractivity contribution in [1.82, 2.24) is 0 Å². The lowest BCUT2D eigenvalue weighted by Crippen LogP contribution is -2.16. The first-order valence-electron chi connectivity index (χ1n) is 8.25. The molecule has 0 amide bonds. The molecule has 5 heteroatoms. The van der Waals surface area contributed by atoms with Crippen LogP contribution in [0.5, 0.6) is 11.5 Å². The molecular formula is C20H26O5. The standard InChI is InChI=1S/C20H26O5/c1-6-8-15-11-16(24-5)12-18(22)19(15)20(23)25-14(4)9-7-10-17(21)13(2)3/h6-8,10-14,22H,9H2,1-5H3/b8-6+,10-7-/t14-/m1/s1. The van der Waals surface area contributed by atoms with Gasteiger partial charge in [-0.25, -0.2) is 4.79 Å². The molecule has 25 heavy (non-hydrogen) atoms. The fraction of sp³-hybridized carbons (Fsp3) is 0.400. The smallest absolute Gasteiger partial charge is 0.342 e. The minimum atomic E-state index is -0.621. The van der Waals surface area contributed by atoms with E-state index in [-0.39, 0.29) is 23.0 Å². The zero-order valence-electron chi connectivity index (χ0n) is 15.4. The third kappa shape index (κ3) is 6.10. The number of allylic oxidation sites excluding steroid dienone is 2. The van der Waals surface area contributed by atoms with Crippen LogP contribution in [-0.2, 0) is 9.53 Å². The third-order valence-electron chi connectivity index (χ3n) is 3.53. The highest BCUT2D eigenvalue weighted by atomic mass is 16.5. The van der Waals surface area contributed by atoms with Gasteiger partial charge in [-0.05, 0) is 31.6 Å². The van der Waals surface area contributed by atoms with Gasteiger partial charge in [0.25, 0.3) is 0 Å². The van der Waals surface area contributed by atoms with Crippen LogP contribution >= 0.6 is 0 Å². The van der Waals surface area contributed by atoms with E-state index >= 15 is 0 Å². The summed E-state index contributed by atoms with van der Waals surface area (Å²) in [5.74, 6) is -0.403. The molecule has 0 saturated heterocycles. The molecule has 0 fully saturated rings. The summed E-state index contributed by atoms with van der Waals surface area (Å²) in [6, 6.07) is 3.03.